The summed E-state index contributed by atoms with van der Waals surface area (Å²) in [5.74, 6) is 0.900. The van der Waals surface area contributed by atoms with Crippen molar-refractivity contribution in [2.24, 2.45) is 0 Å². The van der Waals surface area contributed by atoms with Crippen LogP contribution in [0, 0.1) is 6.92 Å². The average molecular weight is 263 g/mol. The van der Waals surface area contributed by atoms with Crippen LogP contribution in [-0.2, 0) is 6.54 Å². The van der Waals surface area contributed by atoms with Crippen LogP contribution in [-0.4, -0.2) is 16.5 Å². The zero-order valence-electron chi connectivity index (χ0n) is 10.6. The maximum atomic E-state index is 5.24. The summed E-state index contributed by atoms with van der Waals surface area (Å²) in [7, 11) is 0. The number of furan rings is 1. The van der Waals surface area contributed by atoms with Crippen molar-refractivity contribution in [2.75, 3.05) is 6.54 Å². The summed E-state index contributed by atoms with van der Waals surface area (Å²) in [6, 6.07) is 1.93. The van der Waals surface area contributed by atoms with Crippen molar-refractivity contribution >= 4 is 11.8 Å². The van der Waals surface area contributed by atoms with Gasteiger partial charge in [-0.15, -0.1) is 0 Å². The third kappa shape index (κ3) is 3.58. The zero-order valence-corrected chi connectivity index (χ0v) is 11.5. The quantitative estimate of drug-likeness (QED) is 0.641. The van der Waals surface area contributed by atoms with Crippen molar-refractivity contribution < 1.29 is 4.42 Å². The fourth-order valence-corrected chi connectivity index (χ4v) is 2.20. The molecule has 0 fully saturated rings. The Hall–Kier alpha value is -1.33. The highest BCUT2D eigenvalue weighted by Crippen LogP contribution is 2.27. The van der Waals surface area contributed by atoms with E-state index in [2.05, 4.69) is 22.2 Å². The van der Waals surface area contributed by atoms with E-state index < -0.39 is 0 Å². The molecule has 0 aliphatic heterocycles. The van der Waals surface area contributed by atoms with Crippen LogP contribution in [0.5, 0.6) is 0 Å². The Morgan fingerprint density at radius 3 is 2.72 bits per heavy atom. The maximum absolute atomic E-state index is 5.24. The van der Waals surface area contributed by atoms with Crippen LogP contribution >= 0.6 is 11.8 Å². The fourth-order valence-electron chi connectivity index (χ4n) is 1.47. The van der Waals surface area contributed by atoms with Crippen LogP contribution in [0.25, 0.3) is 0 Å². The molecule has 0 unspecified atom stereocenters. The Balaban J connectivity index is 1.93. The Morgan fingerprint density at radius 1 is 1.33 bits per heavy atom. The third-order valence-electron chi connectivity index (χ3n) is 2.45. The number of hydrogen-bond donors (Lipinski definition) is 1. The predicted molar refractivity (Wildman–Crippen MR) is 71.6 cm³/mol. The van der Waals surface area contributed by atoms with Gasteiger partial charge in [0.15, 0.2) is 5.16 Å². The number of nitrogens with one attached hydrogen (secondary N) is 1. The molecule has 0 radical (unpaired) electrons. The molecule has 0 amide bonds. The van der Waals surface area contributed by atoms with Crippen LogP contribution in [0.15, 0.2) is 39.2 Å². The normalized spacial score (nSPS) is 10.8. The van der Waals surface area contributed by atoms with Gasteiger partial charge in [0.1, 0.15) is 5.76 Å². The first kappa shape index (κ1) is 13.1. The molecular weight excluding hydrogens is 246 g/mol. The van der Waals surface area contributed by atoms with Gasteiger partial charge in [-0.2, -0.15) is 0 Å². The summed E-state index contributed by atoms with van der Waals surface area (Å²) >= 11 is 1.52. The molecule has 0 atom stereocenters. The number of aromatic nitrogens is 2. The summed E-state index contributed by atoms with van der Waals surface area (Å²) in [5.41, 5.74) is 1.11. The first-order chi connectivity index (χ1) is 8.79. The number of aryl methyl sites for hydroxylation is 1. The Kier molecular flexibility index (Phi) is 4.78. The first-order valence-corrected chi connectivity index (χ1v) is 6.85. The predicted octanol–water partition coefficient (Wildman–Crippen LogP) is 3.03. The van der Waals surface area contributed by atoms with Gasteiger partial charge in [-0.3, -0.25) is 0 Å². The lowest BCUT2D eigenvalue weighted by Gasteiger charge is -2.03. The van der Waals surface area contributed by atoms with Gasteiger partial charge in [0.05, 0.1) is 11.2 Å². The molecule has 18 heavy (non-hydrogen) atoms. The van der Waals surface area contributed by atoms with E-state index in [9.17, 15) is 0 Å². The fraction of sp³-hybridized carbons (Fsp3) is 0.385. The standard InChI is InChI=1S/C13H17N3OS/c1-3-5-14-7-11-8-15-13(16-9-11)18-12-4-6-17-10(12)2/h4,6,8-9,14H,3,5,7H2,1-2H3. The summed E-state index contributed by atoms with van der Waals surface area (Å²) in [4.78, 5) is 9.75. The Bertz CT molecular complexity index is 481. The minimum Gasteiger partial charge on any atom is -0.468 e. The van der Waals surface area contributed by atoms with Gasteiger partial charge >= 0.3 is 0 Å². The molecule has 2 aromatic rings. The van der Waals surface area contributed by atoms with Crippen molar-refractivity contribution in [3.63, 3.8) is 0 Å². The molecule has 0 bridgehead atoms. The maximum Gasteiger partial charge on any atom is 0.192 e. The van der Waals surface area contributed by atoms with E-state index in [0.717, 1.165) is 40.9 Å². The molecule has 4 nitrogen and oxygen atoms in total. The number of nitrogens with zero attached hydrogens (tertiary/aromatic N) is 2. The monoisotopic (exact) mass is 263 g/mol. The van der Waals surface area contributed by atoms with Crippen molar-refractivity contribution in [1.82, 2.24) is 15.3 Å². The highest BCUT2D eigenvalue weighted by Gasteiger charge is 2.05. The first-order valence-electron chi connectivity index (χ1n) is 6.03. The van der Waals surface area contributed by atoms with E-state index in [1.807, 2.05) is 25.4 Å². The second-order valence-corrected chi connectivity index (χ2v) is 5.00. The lowest BCUT2D eigenvalue weighted by atomic mass is 10.3. The van der Waals surface area contributed by atoms with E-state index >= 15 is 0 Å². The molecule has 0 aliphatic rings. The molecule has 0 aromatic carbocycles. The molecule has 5 heteroatoms. The van der Waals surface area contributed by atoms with Crippen LogP contribution in [0.2, 0.25) is 0 Å². The summed E-state index contributed by atoms with van der Waals surface area (Å²) in [5, 5.41) is 4.07. The van der Waals surface area contributed by atoms with Crippen LogP contribution in [0.4, 0.5) is 0 Å². The van der Waals surface area contributed by atoms with Gasteiger partial charge in [-0.05, 0) is 37.7 Å². The molecule has 2 aromatic heterocycles. The smallest absolute Gasteiger partial charge is 0.192 e. The molecule has 1 N–H and O–H groups in total. The van der Waals surface area contributed by atoms with E-state index in [1.165, 1.54) is 11.8 Å². The van der Waals surface area contributed by atoms with E-state index in [-0.39, 0.29) is 0 Å². The topological polar surface area (TPSA) is 51.0 Å². The zero-order chi connectivity index (χ0) is 12.8. The minimum absolute atomic E-state index is 0.749. The Morgan fingerprint density at radius 2 is 2.11 bits per heavy atom. The van der Waals surface area contributed by atoms with Crippen LogP contribution < -0.4 is 5.32 Å². The molecule has 96 valence electrons. The van der Waals surface area contributed by atoms with Gasteiger partial charge in [0, 0.05) is 24.5 Å². The number of hydrogen-bond acceptors (Lipinski definition) is 5. The van der Waals surface area contributed by atoms with Gasteiger partial charge in [-0.25, -0.2) is 9.97 Å². The van der Waals surface area contributed by atoms with Crippen molar-refractivity contribution in [3.8, 4) is 0 Å². The van der Waals surface area contributed by atoms with E-state index in [4.69, 9.17) is 4.42 Å². The molecular formula is C13H17N3OS. The van der Waals surface area contributed by atoms with Crippen molar-refractivity contribution in [1.29, 1.82) is 0 Å². The third-order valence-corrected chi connectivity index (χ3v) is 3.49. The van der Waals surface area contributed by atoms with Crippen molar-refractivity contribution in [3.05, 3.63) is 36.0 Å². The van der Waals surface area contributed by atoms with Gasteiger partial charge in [-0.1, -0.05) is 6.92 Å². The molecule has 0 saturated carbocycles. The second kappa shape index (κ2) is 6.56. The van der Waals surface area contributed by atoms with Gasteiger partial charge < -0.3 is 9.73 Å². The molecule has 0 saturated heterocycles. The largest absolute Gasteiger partial charge is 0.468 e. The van der Waals surface area contributed by atoms with Crippen molar-refractivity contribution in [2.45, 2.75) is 36.9 Å². The summed E-state index contributed by atoms with van der Waals surface area (Å²) < 4.78 is 5.24. The summed E-state index contributed by atoms with van der Waals surface area (Å²) in [6.45, 7) is 5.93. The lowest BCUT2D eigenvalue weighted by molar-refractivity contribution is 0.527. The minimum atomic E-state index is 0.749. The van der Waals surface area contributed by atoms with E-state index in [1.54, 1.807) is 6.26 Å². The molecule has 0 spiro atoms. The summed E-state index contributed by atoms with van der Waals surface area (Å²) in [6.07, 6.45) is 6.55. The highest BCUT2D eigenvalue weighted by atomic mass is 32.2. The van der Waals surface area contributed by atoms with Gasteiger partial charge in [0.2, 0.25) is 0 Å². The second-order valence-electron chi connectivity index (χ2n) is 3.99. The Labute approximate surface area is 111 Å². The highest BCUT2D eigenvalue weighted by molar-refractivity contribution is 7.99. The van der Waals surface area contributed by atoms with Crippen LogP contribution in [0.3, 0.4) is 0 Å². The number of rotatable bonds is 6. The molecule has 0 aliphatic carbocycles. The lowest BCUT2D eigenvalue weighted by Crippen LogP contribution is -2.14. The average Bonchev–Trinajstić information content (AvgIpc) is 2.78. The SMILES string of the molecule is CCCNCc1cnc(Sc2ccoc2C)nc1. The van der Waals surface area contributed by atoms with E-state index in [0.29, 0.717) is 0 Å². The van der Waals surface area contributed by atoms with Crippen LogP contribution in [0.1, 0.15) is 24.7 Å². The van der Waals surface area contributed by atoms with Gasteiger partial charge in [0.25, 0.3) is 0 Å². The molecule has 2 heterocycles. The molecule has 2 rings (SSSR count).